The SMILES string of the molecule is CC(=O)c1cccc(NC(=O)c2cc3c4c(c2)CCC(=O)N4CCC3)c1. The number of anilines is 2. The second-order valence-corrected chi connectivity index (χ2v) is 6.88. The van der Waals surface area contributed by atoms with Crippen LogP contribution in [0.2, 0.25) is 0 Å². The lowest BCUT2D eigenvalue weighted by atomic mass is 9.89. The topological polar surface area (TPSA) is 66.5 Å². The van der Waals surface area contributed by atoms with Crippen LogP contribution in [-0.2, 0) is 17.6 Å². The fraction of sp³-hybridized carbons (Fsp3) is 0.286. The van der Waals surface area contributed by atoms with Gasteiger partial charge in [0.05, 0.1) is 5.69 Å². The van der Waals surface area contributed by atoms with Gasteiger partial charge in [0.1, 0.15) is 0 Å². The average Bonchev–Trinajstić information content (AvgIpc) is 2.64. The Morgan fingerprint density at radius 2 is 1.77 bits per heavy atom. The lowest BCUT2D eigenvalue weighted by molar-refractivity contribution is -0.119. The van der Waals surface area contributed by atoms with Crippen LogP contribution in [0.3, 0.4) is 0 Å². The molecule has 0 radical (unpaired) electrons. The Labute approximate surface area is 152 Å². The molecule has 26 heavy (non-hydrogen) atoms. The molecule has 0 atom stereocenters. The van der Waals surface area contributed by atoms with Gasteiger partial charge in [-0.2, -0.15) is 0 Å². The number of hydrogen-bond donors (Lipinski definition) is 1. The molecule has 1 N–H and O–H groups in total. The summed E-state index contributed by atoms with van der Waals surface area (Å²) in [5, 5.41) is 2.88. The van der Waals surface area contributed by atoms with E-state index >= 15 is 0 Å². The first-order chi connectivity index (χ1) is 12.5. The third-order valence-electron chi connectivity index (χ3n) is 5.06. The number of benzene rings is 2. The van der Waals surface area contributed by atoms with Crippen molar-refractivity contribution < 1.29 is 14.4 Å². The van der Waals surface area contributed by atoms with Crippen molar-refractivity contribution in [3.8, 4) is 0 Å². The van der Waals surface area contributed by atoms with Gasteiger partial charge in [0, 0.05) is 29.8 Å². The fourth-order valence-electron chi connectivity index (χ4n) is 3.80. The normalized spacial score (nSPS) is 15.4. The third-order valence-corrected chi connectivity index (χ3v) is 5.06. The maximum atomic E-state index is 12.7. The zero-order valence-corrected chi connectivity index (χ0v) is 14.7. The highest BCUT2D eigenvalue weighted by atomic mass is 16.2. The van der Waals surface area contributed by atoms with E-state index in [9.17, 15) is 14.4 Å². The van der Waals surface area contributed by atoms with Gasteiger partial charge in [0.25, 0.3) is 5.91 Å². The van der Waals surface area contributed by atoms with Crippen molar-refractivity contribution in [2.24, 2.45) is 0 Å². The van der Waals surface area contributed by atoms with Gasteiger partial charge in [0.15, 0.2) is 5.78 Å². The summed E-state index contributed by atoms with van der Waals surface area (Å²) in [6, 6.07) is 10.7. The summed E-state index contributed by atoms with van der Waals surface area (Å²) < 4.78 is 0. The molecule has 2 aromatic rings. The van der Waals surface area contributed by atoms with Gasteiger partial charge in [0.2, 0.25) is 5.91 Å². The molecular weight excluding hydrogens is 328 g/mol. The summed E-state index contributed by atoms with van der Waals surface area (Å²) in [7, 11) is 0. The maximum Gasteiger partial charge on any atom is 0.255 e. The predicted octanol–water partition coefficient (Wildman–Crippen LogP) is 3.37. The molecule has 5 nitrogen and oxygen atoms in total. The van der Waals surface area contributed by atoms with Gasteiger partial charge >= 0.3 is 0 Å². The molecule has 4 rings (SSSR count). The summed E-state index contributed by atoms with van der Waals surface area (Å²) in [6.45, 7) is 2.27. The molecule has 0 fully saturated rings. The van der Waals surface area contributed by atoms with Crippen molar-refractivity contribution in [3.05, 3.63) is 58.7 Å². The minimum absolute atomic E-state index is 0.0379. The number of carbonyl (C=O) groups is 3. The summed E-state index contributed by atoms with van der Waals surface area (Å²) in [5.41, 5.74) is 4.93. The molecule has 0 saturated carbocycles. The Bertz CT molecular complexity index is 916. The Kier molecular flexibility index (Phi) is 4.07. The monoisotopic (exact) mass is 348 g/mol. The minimum atomic E-state index is -0.196. The van der Waals surface area contributed by atoms with Gasteiger partial charge < -0.3 is 10.2 Å². The van der Waals surface area contributed by atoms with E-state index in [4.69, 9.17) is 0 Å². The highest BCUT2D eigenvalue weighted by Gasteiger charge is 2.30. The van der Waals surface area contributed by atoms with Crippen molar-refractivity contribution in [1.82, 2.24) is 0 Å². The van der Waals surface area contributed by atoms with Gasteiger partial charge in [-0.15, -0.1) is 0 Å². The molecule has 0 spiro atoms. The number of rotatable bonds is 3. The predicted molar refractivity (Wildman–Crippen MR) is 99.8 cm³/mol. The van der Waals surface area contributed by atoms with E-state index in [1.54, 1.807) is 24.3 Å². The lowest BCUT2D eigenvalue weighted by Gasteiger charge is -2.35. The van der Waals surface area contributed by atoms with E-state index in [1.807, 2.05) is 17.0 Å². The number of nitrogens with zero attached hydrogens (tertiary/aromatic N) is 1. The van der Waals surface area contributed by atoms with Gasteiger partial charge in [-0.05, 0) is 61.6 Å². The smallest absolute Gasteiger partial charge is 0.255 e. The summed E-state index contributed by atoms with van der Waals surface area (Å²) in [5.74, 6) is -0.0560. The minimum Gasteiger partial charge on any atom is -0.322 e. The van der Waals surface area contributed by atoms with Crippen LogP contribution in [0.5, 0.6) is 0 Å². The molecule has 5 heteroatoms. The quantitative estimate of drug-likeness (QED) is 0.865. The van der Waals surface area contributed by atoms with Crippen LogP contribution < -0.4 is 10.2 Å². The number of aryl methyl sites for hydroxylation is 2. The Morgan fingerprint density at radius 1 is 1.00 bits per heavy atom. The molecule has 0 unspecified atom stereocenters. The highest BCUT2D eigenvalue weighted by molar-refractivity contribution is 6.06. The van der Waals surface area contributed by atoms with E-state index in [-0.39, 0.29) is 17.6 Å². The zero-order valence-electron chi connectivity index (χ0n) is 14.7. The first kappa shape index (κ1) is 16.5. The van der Waals surface area contributed by atoms with Crippen molar-refractivity contribution >= 4 is 29.0 Å². The van der Waals surface area contributed by atoms with Crippen molar-refractivity contribution in [2.45, 2.75) is 32.6 Å². The van der Waals surface area contributed by atoms with Crippen LogP contribution in [0.1, 0.15) is 51.6 Å². The Morgan fingerprint density at radius 3 is 2.54 bits per heavy atom. The molecule has 2 amide bonds. The van der Waals surface area contributed by atoms with Crippen molar-refractivity contribution in [2.75, 3.05) is 16.8 Å². The van der Waals surface area contributed by atoms with E-state index in [0.29, 0.717) is 29.7 Å². The van der Waals surface area contributed by atoms with Crippen LogP contribution in [0.4, 0.5) is 11.4 Å². The summed E-state index contributed by atoms with van der Waals surface area (Å²) in [6.07, 6.45) is 2.98. The van der Waals surface area contributed by atoms with Crippen LogP contribution in [0, 0.1) is 0 Å². The number of Topliss-reactive ketones (excluding diaryl/α,β-unsaturated/α-hetero) is 1. The molecule has 132 valence electrons. The molecule has 2 heterocycles. The number of nitrogens with one attached hydrogen (secondary N) is 1. The van der Waals surface area contributed by atoms with E-state index in [2.05, 4.69) is 5.32 Å². The molecule has 0 aromatic heterocycles. The van der Waals surface area contributed by atoms with E-state index < -0.39 is 0 Å². The summed E-state index contributed by atoms with van der Waals surface area (Å²) >= 11 is 0. The average molecular weight is 348 g/mol. The van der Waals surface area contributed by atoms with E-state index in [0.717, 1.165) is 36.2 Å². The molecule has 0 aliphatic carbocycles. The lowest BCUT2D eigenvalue weighted by Crippen LogP contribution is -2.39. The highest BCUT2D eigenvalue weighted by Crippen LogP contribution is 2.36. The van der Waals surface area contributed by atoms with Gasteiger partial charge in [-0.3, -0.25) is 14.4 Å². The molecule has 2 aliphatic heterocycles. The van der Waals surface area contributed by atoms with Crippen molar-refractivity contribution in [1.29, 1.82) is 0 Å². The molecule has 2 aliphatic rings. The zero-order chi connectivity index (χ0) is 18.3. The maximum absolute atomic E-state index is 12.7. The molecule has 2 aromatic carbocycles. The van der Waals surface area contributed by atoms with Gasteiger partial charge in [-0.1, -0.05) is 12.1 Å². The second-order valence-electron chi connectivity index (χ2n) is 6.88. The molecule has 0 saturated heterocycles. The van der Waals surface area contributed by atoms with Crippen LogP contribution >= 0.6 is 0 Å². The largest absolute Gasteiger partial charge is 0.322 e. The number of hydrogen-bond acceptors (Lipinski definition) is 3. The molecule has 0 bridgehead atoms. The summed E-state index contributed by atoms with van der Waals surface area (Å²) in [4.78, 5) is 38.3. The fourth-order valence-corrected chi connectivity index (χ4v) is 3.80. The molecular formula is C21H20N2O3. The standard InChI is InChI=1S/C21H20N2O3/c1-13(24)14-4-2-6-18(12-14)22-21(26)17-10-15-5-3-9-23-19(25)8-7-16(11-17)20(15)23/h2,4,6,10-12H,3,5,7-9H2,1H3,(H,22,26). The number of ketones is 1. The van der Waals surface area contributed by atoms with Crippen LogP contribution in [-0.4, -0.2) is 24.1 Å². The van der Waals surface area contributed by atoms with Crippen molar-refractivity contribution in [3.63, 3.8) is 0 Å². The van der Waals surface area contributed by atoms with E-state index in [1.165, 1.54) is 6.92 Å². The first-order valence-electron chi connectivity index (χ1n) is 8.91. The van der Waals surface area contributed by atoms with Crippen LogP contribution in [0.25, 0.3) is 0 Å². The Hall–Kier alpha value is -2.95. The first-order valence-corrected chi connectivity index (χ1v) is 8.91. The van der Waals surface area contributed by atoms with Crippen LogP contribution in [0.15, 0.2) is 36.4 Å². The Balaban J connectivity index is 1.64. The number of amides is 2. The van der Waals surface area contributed by atoms with Gasteiger partial charge in [-0.25, -0.2) is 0 Å². The second kappa shape index (κ2) is 6.41. The number of carbonyl (C=O) groups excluding carboxylic acids is 3. The third kappa shape index (κ3) is 2.90.